The van der Waals surface area contributed by atoms with Crippen molar-refractivity contribution >= 4 is 48.9 Å². The van der Waals surface area contributed by atoms with E-state index in [1.54, 1.807) is 13.2 Å². The lowest BCUT2D eigenvalue weighted by molar-refractivity contribution is -0.184. The van der Waals surface area contributed by atoms with Crippen LogP contribution in [0.5, 0.6) is 5.75 Å². The van der Waals surface area contributed by atoms with Gasteiger partial charge in [0.05, 0.1) is 28.3 Å². The summed E-state index contributed by atoms with van der Waals surface area (Å²) in [4.78, 5) is 19.6. The monoisotopic (exact) mass is 441 g/mol. The lowest BCUT2D eigenvalue weighted by Crippen LogP contribution is -2.44. The molecule has 1 N–H and O–H groups in total. The van der Waals surface area contributed by atoms with E-state index in [1.165, 1.54) is 27.6 Å². The molecule has 1 aromatic carbocycles. The molecule has 4 rings (SSSR count). The first-order valence-electron chi connectivity index (χ1n) is 9.01. The second kappa shape index (κ2) is 7.83. The van der Waals surface area contributed by atoms with E-state index in [9.17, 15) is 18.0 Å². The molecule has 0 radical (unpaired) electrons. The van der Waals surface area contributed by atoms with Crippen LogP contribution in [-0.4, -0.2) is 42.2 Å². The van der Waals surface area contributed by atoms with Crippen molar-refractivity contribution in [2.45, 2.75) is 19.0 Å². The van der Waals surface area contributed by atoms with Crippen LogP contribution in [-0.2, 0) is 0 Å². The maximum Gasteiger partial charge on any atom is 0.393 e. The average molecular weight is 442 g/mol. The van der Waals surface area contributed by atoms with E-state index < -0.39 is 12.1 Å². The van der Waals surface area contributed by atoms with Crippen molar-refractivity contribution in [2.75, 3.05) is 25.5 Å². The molecule has 0 spiro atoms. The second-order valence-corrected chi connectivity index (χ2v) is 8.82. The quantitative estimate of drug-likeness (QED) is 0.579. The van der Waals surface area contributed by atoms with E-state index in [2.05, 4.69) is 10.3 Å². The Labute approximate surface area is 173 Å². The van der Waals surface area contributed by atoms with Crippen LogP contribution >= 0.6 is 22.7 Å². The van der Waals surface area contributed by atoms with E-state index in [-0.39, 0.29) is 18.9 Å². The number of anilines is 2. The third kappa shape index (κ3) is 4.18. The fourth-order valence-electron chi connectivity index (χ4n) is 3.34. The number of halogens is 3. The van der Waals surface area contributed by atoms with Crippen molar-refractivity contribution in [3.8, 4) is 5.75 Å². The number of aromatic nitrogens is 1. The highest BCUT2D eigenvalue weighted by Gasteiger charge is 2.42. The predicted molar refractivity (Wildman–Crippen MR) is 108 cm³/mol. The number of alkyl halides is 3. The molecule has 3 heterocycles. The van der Waals surface area contributed by atoms with Crippen LogP contribution < -0.4 is 10.1 Å². The summed E-state index contributed by atoms with van der Waals surface area (Å²) in [6.07, 6.45) is -3.83. The number of carbonyl (C=O) groups is 1. The zero-order valence-corrected chi connectivity index (χ0v) is 17.1. The third-order valence-corrected chi connectivity index (χ3v) is 6.88. The Morgan fingerprint density at radius 1 is 1.31 bits per heavy atom. The summed E-state index contributed by atoms with van der Waals surface area (Å²) in [7, 11) is 1.59. The number of benzene rings is 1. The number of fused-ring (bicyclic) bond motifs is 1. The van der Waals surface area contributed by atoms with E-state index in [4.69, 9.17) is 4.74 Å². The molecule has 1 saturated heterocycles. The molecule has 3 aromatic rings. The van der Waals surface area contributed by atoms with Crippen LogP contribution in [0.1, 0.15) is 22.5 Å². The highest BCUT2D eigenvalue weighted by atomic mass is 32.1. The van der Waals surface area contributed by atoms with Gasteiger partial charge in [0, 0.05) is 13.1 Å². The Morgan fingerprint density at radius 3 is 2.83 bits per heavy atom. The first kappa shape index (κ1) is 20.0. The number of thiophene rings is 1. The molecule has 29 heavy (non-hydrogen) atoms. The molecule has 0 saturated carbocycles. The van der Waals surface area contributed by atoms with Crippen molar-refractivity contribution in [1.82, 2.24) is 9.88 Å². The Morgan fingerprint density at radius 2 is 2.10 bits per heavy atom. The minimum atomic E-state index is -4.27. The van der Waals surface area contributed by atoms with Gasteiger partial charge in [-0.15, -0.1) is 11.3 Å². The van der Waals surface area contributed by atoms with Gasteiger partial charge in [-0.3, -0.25) is 4.79 Å². The lowest BCUT2D eigenvalue weighted by atomic mass is 9.97. The first-order chi connectivity index (χ1) is 13.8. The Hall–Kier alpha value is -2.33. The van der Waals surface area contributed by atoms with Crippen molar-refractivity contribution in [3.63, 3.8) is 0 Å². The molecule has 5 nitrogen and oxygen atoms in total. The van der Waals surface area contributed by atoms with Gasteiger partial charge < -0.3 is 15.0 Å². The molecular weight excluding hydrogens is 423 g/mol. The van der Waals surface area contributed by atoms with Crippen LogP contribution in [0.4, 0.5) is 24.0 Å². The van der Waals surface area contributed by atoms with Crippen molar-refractivity contribution in [2.24, 2.45) is 5.92 Å². The maximum atomic E-state index is 13.0. The molecule has 10 heteroatoms. The fourth-order valence-corrected chi connectivity index (χ4v) is 5.44. The number of hydrogen-bond donors (Lipinski definition) is 1. The van der Waals surface area contributed by atoms with Crippen LogP contribution in [0.25, 0.3) is 9.53 Å². The summed E-state index contributed by atoms with van der Waals surface area (Å²) in [5, 5.41) is 3.86. The molecule has 1 fully saturated rings. The van der Waals surface area contributed by atoms with Gasteiger partial charge >= 0.3 is 6.18 Å². The predicted octanol–water partition coefficient (Wildman–Crippen LogP) is 5.52. The molecule has 0 unspecified atom stereocenters. The van der Waals surface area contributed by atoms with Crippen LogP contribution in [0.3, 0.4) is 0 Å². The molecule has 1 amide bonds. The molecular formula is C19H18F3N3O2S2. The average Bonchev–Trinajstić information content (AvgIpc) is 3.26. The smallest absolute Gasteiger partial charge is 0.393 e. The highest BCUT2D eigenvalue weighted by molar-refractivity contribution is 7.29. The second-order valence-electron chi connectivity index (χ2n) is 6.76. The standard InChI is InChI=1S/C19H18F3N3O2S2/c1-27-13-7-3-2-6-12(13)23-18-24-16-14(29-18)9-15(28-16)17(26)25-8-4-5-11(10-25)19(20,21)22/h2-3,6-7,9,11H,4-5,8,10H2,1H3,(H,23,24)/t11-/m0/s1. The number of ether oxygens (including phenoxy) is 1. The number of hydrogen-bond acceptors (Lipinski definition) is 6. The molecule has 1 aliphatic heterocycles. The number of methoxy groups -OCH3 is 1. The number of likely N-dealkylation sites (tertiary alicyclic amines) is 1. The topological polar surface area (TPSA) is 54.5 Å². The van der Waals surface area contributed by atoms with Gasteiger partial charge in [-0.1, -0.05) is 23.5 Å². The minimum absolute atomic E-state index is 0.0757. The highest BCUT2D eigenvalue weighted by Crippen LogP contribution is 2.38. The van der Waals surface area contributed by atoms with Crippen molar-refractivity contribution in [1.29, 1.82) is 0 Å². The maximum absolute atomic E-state index is 13.0. The van der Waals surface area contributed by atoms with Crippen molar-refractivity contribution < 1.29 is 22.7 Å². The van der Waals surface area contributed by atoms with E-state index >= 15 is 0 Å². The largest absolute Gasteiger partial charge is 0.495 e. The number of para-hydroxylation sites is 2. The summed E-state index contributed by atoms with van der Waals surface area (Å²) >= 11 is 2.59. The van der Waals surface area contributed by atoms with E-state index in [0.717, 1.165) is 10.4 Å². The molecule has 1 aliphatic rings. The lowest BCUT2D eigenvalue weighted by Gasteiger charge is -2.33. The van der Waals surface area contributed by atoms with Gasteiger partial charge in [0.25, 0.3) is 5.91 Å². The molecule has 154 valence electrons. The van der Waals surface area contributed by atoms with Crippen molar-refractivity contribution in [3.05, 3.63) is 35.2 Å². The number of thiazole rings is 1. The number of piperidine rings is 1. The molecule has 0 aliphatic carbocycles. The van der Waals surface area contributed by atoms with Gasteiger partial charge in [0.15, 0.2) is 5.13 Å². The Balaban J connectivity index is 1.50. The summed E-state index contributed by atoms with van der Waals surface area (Å²) in [6, 6.07) is 9.17. The molecule has 2 aromatic heterocycles. The van der Waals surface area contributed by atoms with Gasteiger partial charge in [-0.25, -0.2) is 4.98 Å². The summed E-state index contributed by atoms with van der Waals surface area (Å²) in [5.74, 6) is -1.12. The molecule has 1 atom stereocenters. The number of nitrogens with zero attached hydrogens (tertiary/aromatic N) is 2. The SMILES string of the molecule is COc1ccccc1Nc1nc2sc(C(=O)N3CCC[C@H](C(F)(F)F)C3)cc2s1. The zero-order chi connectivity index (χ0) is 20.6. The van der Waals surface area contributed by atoms with E-state index in [0.29, 0.717) is 33.6 Å². The Kier molecular flexibility index (Phi) is 5.39. The number of nitrogens with one attached hydrogen (secondary N) is 1. The van der Waals surface area contributed by atoms with Crippen LogP contribution in [0.15, 0.2) is 30.3 Å². The van der Waals surface area contributed by atoms with Gasteiger partial charge in [0.1, 0.15) is 10.6 Å². The first-order valence-corrected chi connectivity index (χ1v) is 10.6. The number of rotatable bonds is 4. The fraction of sp³-hybridized carbons (Fsp3) is 0.368. The number of carbonyl (C=O) groups excluding carboxylic acids is 1. The summed E-state index contributed by atoms with van der Waals surface area (Å²) in [6.45, 7) is 0.0763. The normalized spacial score (nSPS) is 17.5. The van der Waals surface area contributed by atoms with Gasteiger partial charge in [-0.05, 0) is 31.0 Å². The summed E-state index contributed by atoms with van der Waals surface area (Å²) in [5.41, 5.74) is 0.777. The van der Waals surface area contributed by atoms with Gasteiger partial charge in [-0.2, -0.15) is 13.2 Å². The third-order valence-electron chi connectivity index (χ3n) is 4.82. The Bertz CT molecular complexity index is 1000. The minimum Gasteiger partial charge on any atom is -0.495 e. The van der Waals surface area contributed by atoms with Gasteiger partial charge in [0.2, 0.25) is 0 Å². The van der Waals surface area contributed by atoms with Crippen LogP contribution in [0, 0.1) is 5.92 Å². The zero-order valence-electron chi connectivity index (χ0n) is 15.5. The summed E-state index contributed by atoms with van der Waals surface area (Å²) < 4.78 is 45.2. The van der Waals surface area contributed by atoms with E-state index in [1.807, 2.05) is 24.3 Å². The van der Waals surface area contributed by atoms with Crippen LogP contribution in [0.2, 0.25) is 0 Å². The number of amides is 1. The molecule has 0 bridgehead atoms.